The molecule has 4 heteroatoms. The molecule has 0 saturated carbocycles. The van der Waals surface area contributed by atoms with E-state index in [2.05, 4.69) is 151 Å². The van der Waals surface area contributed by atoms with Gasteiger partial charge in [-0.1, -0.05) is 72.8 Å². The molecule has 2 aromatic heterocycles. The molecule has 0 bridgehead atoms. The van der Waals surface area contributed by atoms with E-state index in [-0.39, 0.29) is 0 Å². The SMILES string of the molecule is CN(c1ccccc1)c1cc(-c2ccc3c(c2)sc2cccc(N(C)c4ccccc4)c23)cc2oc3ccccc3c12. The first-order chi connectivity index (χ1) is 20.7. The Kier molecular flexibility index (Phi) is 5.76. The van der Waals surface area contributed by atoms with Gasteiger partial charge in [0, 0.05) is 51.0 Å². The molecule has 0 fully saturated rings. The molecule has 0 aliphatic carbocycles. The van der Waals surface area contributed by atoms with E-state index in [1.54, 1.807) is 0 Å². The molecule has 0 atom stereocenters. The monoisotopic (exact) mass is 560 g/mol. The fraction of sp³-hybridized carbons (Fsp3) is 0.0526. The third kappa shape index (κ3) is 3.95. The Balaban J connectivity index is 1.31. The van der Waals surface area contributed by atoms with Crippen molar-refractivity contribution in [1.82, 2.24) is 0 Å². The molecule has 0 unspecified atom stereocenters. The van der Waals surface area contributed by atoms with Crippen molar-refractivity contribution in [2.45, 2.75) is 0 Å². The van der Waals surface area contributed by atoms with Crippen LogP contribution in [0.1, 0.15) is 0 Å². The number of rotatable bonds is 5. The van der Waals surface area contributed by atoms with Gasteiger partial charge in [0.15, 0.2) is 0 Å². The van der Waals surface area contributed by atoms with Gasteiger partial charge in [-0.15, -0.1) is 11.3 Å². The Morgan fingerprint density at radius 1 is 0.476 bits per heavy atom. The lowest BCUT2D eigenvalue weighted by atomic mass is 9.99. The van der Waals surface area contributed by atoms with Crippen molar-refractivity contribution in [1.29, 1.82) is 0 Å². The third-order valence-corrected chi connectivity index (χ3v) is 9.39. The number of hydrogen-bond donors (Lipinski definition) is 0. The second kappa shape index (κ2) is 9.79. The lowest BCUT2D eigenvalue weighted by Crippen LogP contribution is -2.09. The minimum absolute atomic E-state index is 0.898. The molecule has 0 N–H and O–H groups in total. The highest BCUT2D eigenvalue weighted by molar-refractivity contribution is 7.26. The molecular formula is C38H28N2OS. The summed E-state index contributed by atoms with van der Waals surface area (Å²) in [7, 11) is 4.28. The van der Waals surface area contributed by atoms with E-state index in [0.717, 1.165) is 38.9 Å². The molecule has 8 aromatic rings. The number of nitrogens with zero attached hydrogens (tertiary/aromatic N) is 2. The number of benzene rings is 6. The van der Waals surface area contributed by atoms with Gasteiger partial charge >= 0.3 is 0 Å². The van der Waals surface area contributed by atoms with Crippen LogP contribution >= 0.6 is 11.3 Å². The topological polar surface area (TPSA) is 19.6 Å². The van der Waals surface area contributed by atoms with Crippen LogP contribution in [0.2, 0.25) is 0 Å². The molecule has 8 rings (SSSR count). The average molecular weight is 561 g/mol. The highest BCUT2D eigenvalue weighted by Crippen LogP contribution is 2.45. The molecule has 6 aromatic carbocycles. The van der Waals surface area contributed by atoms with Crippen molar-refractivity contribution in [3.8, 4) is 11.1 Å². The van der Waals surface area contributed by atoms with E-state index < -0.39 is 0 Å². The molecular weight excluding hydrogens is 532 g/mol. The van der Waals surface area contributed by atoms with Gasteiger partial charge in [0.05, 0.1) is 16.8 Å². The minimum Gasteiger partial charge on any atom is -0.456 e. The van der Waals surface area contributed by atoms with Gasteiger partial charge < -0.3 is 14.2 Å². The highest BCUT2D eigenvalue weighted by atomic mass is 32.1. The zero-order chi connectivity index (χ0) is 28.2. The molecule has 0 aliphatic rings. The predicted molar refractivity (Wildman–Crippen MR) is 181 cm³/mol. The molecule has 0 radical (unpaired) electrons. The Hall–Kier alpha value is -5.06. The van der Waals surface area contributed by atoms with Crippen LogP contribution in [0.5, 0.6) is 0 Å². The van der Waals surface area contributed by atoms with E-state index in [1.165, 1.54) is 37.1 Å². The summed E-state index contributed by atoms with van der Waals surface area (Å²) >= 11 is 1.85. The summed E-state index contributed by atoms with van der Waals surface area (Å²) in [5, 5.41) is 4.85. The maximum atomic E-state index is 6.43. The molecule has 202 valence electrons. The lowest BCUT2D eigenvalue weighted by molar-refractivity contribution is 0.669. The van der Waals surface area contributed by atoms with Gasteiger partial charge in [0.2, 0.25) is 0 Å². The van der Waals surface area contributed by atoms with Gasteiger partial charge in [0.1, 0.15) is 11.2 Å². The fourth-order valence-corrected chi connectivity index (χ4v) is 7.28. The van der Waals surface area contributed by atoms with Crippen LogP contribution in [-0.4, -0.2) is 14.1 Å². The standard InChI is InChI=1S/C38H28N2OS/c1-39(27-12-5-3-6-13-27)31-17-11-19-35-38(31)30-21-20-25(24-36(30)42-35)26-22-32(40(2)28-14-7-4-8-15-28)37-29-16-9-10-18-33(29)41-34(37)23-26/h3-24H,1-2H3. The zero-order valence-electron chi connectivity index (χ0n) is 23.4. The highest BCUT2D eigenvalue weighted by Gasteiger charge is 2.19. The second-order valence-electron chi connectivity index (χ2n) is 10.7. The summed E-state index contributed by atoms with van der Waals surface area (Å²) < 4.78 is 9.00. The number of furan rings is 1. The van der Waals surface area contributed by atoms with Crippen molar-refractivity contribution in [2.24, 2.45) is 0 Å². The van der Waals surface area contributed by atoms with Crippen LogP contribution < -0.4 is 9.80 Å². The summed E-state index contributed by atoms with van der Waals surface area (Å²) in [4.78, 5) is 4.54. The Morgan fingerprint density at radius 3 is 1.93 bits per heavy atom. The lowest BCUT2D eigenvalue weighted by Gasteiger charge is -2.21. The average Bonchev–Trinajstić information content (AvgIpc) is 3.62. The van der Waals surface area contributed by atoms with Crippen molar-refractivity contribution in [3.63, 3.8) is 0 Å². The van der Waals surface area contributed by atoms with Crippen LogP contribution in [-0.2, 0) is 0 Å². The van der Waals surface area contributed by atoms with Gasteiger partial charge in [0.25, 0.3) is 0 Å². The number of anilines is 4. The van der Waals surface area contributed by atoms with E-state index >= 15 is 0 Å². The summed E-state index contributed by atoms with van der Waals surface area (Å²) in [5.74, 6) is 0. The van der Waals surface area contributed by atoms with Gasteiger partial charge in [-0.05, 0) is 71.8 Å². The largest absolute Gasteiger partial charge is 0.456 e. The Labute approximate surface area is 248 Å². The molecule has 0 aliphatic heterocycles. The zero-order valence-corrected chi connectivity index (χ0v) is 24.2. The number of fused-ring (bicyclic) bond motifs is 6. The van der Waals surface area contributed by atoms with Crippen molar-refractivity contribution >= 4 is 76.2 Å². The summed E-state index contributed by atoms with van der Waals surface area (Å²) in [6.45, 7) is 0. The molecule has 0 saturated heterocycles. The quantitative estimate of drug-likeness (QED) is 0.209. The van der Waals surface area contributed by atoms with Crippen molar-refractivity contribution in [3.05, 3.63) is 133 Å². The Bertz CT molecular complexity index is 2230. The van der Waals surface area contributed by atoms with Crippen LogP contribution in [0, 0.1) is 0 Å². The number of hydrogen-bond acceptors (Lipinski definition) is 4. The van der Waals surface area contributed by atoms with E-state index in [1.807, 2.05) is 17.4 Å². The number of thiophene rings is 1. The van der Waals surface area contributed by atoms with Crippen molar-refractivity contribution in [2.75, 3.05) is 23.9 Å². The molecule has 42 heavy (non-hydrogen) atoms. The van der Waals surface area contributed by atoms with Gasteiger partial charge in [-0.25, -0.2) is 0 Å². The maximum absolute atomic E-state index is 6.43. The maximum Gasteiger partial charge on any atom is 0.138 e. The second-order valence-corrected chi connectivity index (χ2v) is 11.8. The fourth-order valence-electron chi connectivity index (χ4n) is 6.11. The van der Waals surface area contributed by atoms with E-state index in [9.17, 15) is 0 Å². The summed E-state index contributed by atoms with van der Waals surface area (Å²) in [5.41, 5.74) is 8.77. The van der Waals surface area contributed by atoms with Gasteiger partial charge in [-0.3, -0.25) is 0 Å². The summed E-state index contributed by atoms with van der Waals surface area (Å²) in [6.07, 6.45) is 0. The molecule has 3 nitrogen and oxygen atoms in total. The minimum atomic E-state index is 0.898. The van der Waals surface area contributed by atoms with Crippen LogP contribution in [0.3, 0.4) is 0 Å². The van der Waals surface area contributed by atoms with Crippen LogP contribution in [0.4, 0.5) is 22.7 Å². The molecule has 0 spiro atoms. The Morgan fingerprint density at radius 2 is 1.17 bits per heavy atom. The van der Waals surface area contributed by atoms with E-state index in [0.29, 0.717) is 0 Å². The third-order valence-electron chi connectivity index (χ3n) is 8.28. The first-order valence-electron chi connectivity index (χ1n) is 14.1. The van der Waals surface area contributed by atoms with Crippen LogP contribution in [0.25, 0.3) is 53.2 Å². The molecule has 2 heterocycles. The number of para-hydroxylation sites is 3. The first kappa shape index (κ1) is 24.7. The first-order valence-corrected chi connectivity index (χ1v) is 15.0. The van der Waals surface area contributed by atoms with Crippen LogP contribution in [0.15, 0.2) is 138 Å². The smallest absolute Gasteiger partial charge is 0.138 e. The molecule has 0 amide bonds. The van der Waals surface area contributed by atoms with Crippen molar-refractivity contribution < 1.29 is 4.42 Å². The normalized spacial score (nSPS) is 11.6. The predicted octanol–water partition coefficient (Wildman–Crippen LogP) is 11.2. The summed E-state index contributed by atoms with van der Waals surface area (Å²) in [6, 6.07) is 47.4. The van der Waals surface area contributed by atoms with E-state index in [4.69, 9.17) is 4.42 Å². The van der Waals surface area contributed by atoms with Gasteiger partial charge in [-0.2, -0.15) is 0 Å².